The Morgan fingerprint density at radius 3 is 2.79 bits per heavy atom. The fourth-order valence-corrected chi connectivity index (χ4v) is 1.59. The molecule has 1 amide bonds. The monoisotopic (exact) mass is 200 g/mol. The van der Waals surface area contributed by atoms with Gasteiger partial charge in [0.2, 0.25) is 5.91 Å². The average molecular weight is 200 g/mol. The predicted molar refractivity (Wildman–Crippen MR) is 50.9 cm³/mol. The molecule has 1 saturated heterocycles. The van der Waals surface area contributed by atoms with Gasteiger partial charge in [-0.05, 0) is 20.0 Å². The quantitative estimate of drug-likeness (QED) is 0.643. The van der Waals surface area contributed by atoms with Gasteiger partial charge in [-0.3, -0.25) is 9.59 Å². The molecule has 5 heteroatoms. The standard InChI is InChI=1S/C9H16N2O3/c1-11-5-3-7(6-11)9(14)10-4-2-8(12)13/h7H,2-6H2,1H3,(H,10,14)(H,12,13). The first-order valence-electron chi connectivity index (χ1n) is 4.77. The van der Waals surface area contributed by atoms with E-state index >= 15 is 0 Å². The van der Waals surface area contributed by atoms with Crippen LogP contribution in [0.25, 0.3) is 0 Å². The van der Waals surface area contributed by atoms with Crippen LogP contribution in [0.5, 0.6) is 0 Å². The molecule has 2 N–H and O–H groups in total. The topological polar surface area (TPSA) is 69.6 Å². The number of likely N-dealkylation sites (tertiary alicyclic amines) is 1. The lowest BCUT2D eigenvalue weighted by Crippen LogP contribution is -2.33. The minimum atomic E-state index is -0.881. The van der Waals surface area contributed by atoms with E-state index in [0.717, 1.165) is 19.5 Å². The molecular formula is C9H16N2O3. The number of nitrogens with one attached hydrogen (secondary N) is 1. The van der Waals surface area contributed by atoms with Crippen LogP contribution >= 0.6 is 0 Å². The molecule has 0 bridgehead atoms. The lowest BCUT2D eigenvalue weighted by Gasteiger charge is -2.10. The summed E-state index contributed by atoms with van der Waals surface area (Å²) in [6.07, 6.45) is 0.865. The summed E-state index contributed by atoms with van der Waals surface area (Å²) in [5.41, 5.74) is 0. The second-order valence-electron chi connectivity index (χ2n) is 3.68. The van der Waals surface area contributed by atoms with Crippen LogP contribution in [-0.2, 0) is 9.59 Å². The van der Waals surface area contributed by atoms with Crippen molar-refractivity contribution in [2.24, 2.45) is 5.92 Å². The lowest BCUT2D eigenvalue weighted by molar-refractivity contribution is -0.137. The van der Waals surface area contributed by atoms with Gasteiger partial charge >= 0.3 is 5.97 Å². The van der Waals surface area contributed by atoms with Crippen molar-refractivity contribution in [3.05, 3.63) is 0 Å². The van der Waals surface area contributed by atoms with Gasteiger partial charge in [0.25, 0.3) is 0 Å². The van der Waals surface area contributed by atoms with Crippen molar-refractivity contribution < 1.29 is 14.7 Å². The highest BCUT2D eigenvalue weighted by atomic mass is 16.4. The Labute approximate surface area is 83.1 Å². The highest BCUT2D eigenvalue weighted by Crippen LogP contribution is 2.13. The minimum Gasteiger partial charge on any atom is -0.481 e. The van der Waals surface area contributed by atoms with E-state index in [1.54, 1.807) is 0 Å². The Kier molecular flexibility index (Phi) is 3.88. The van der Waals surface area contributed by atoms with Crippen molar-refractivity contribution in [1.29, 1.82) is 0 Å². The number of hydrogen-bond acceptors (Lipinski definition) is 3. The van der Waals surface area contributed by atoms with Crippen LogP contribution in [0.1, 0.15) is 12.8 Å². The van der Waals surface area contributed by atoms with E-state index in [4.69, 9.17) is 5.11 Å². The summed E-state index contributed by atoms with van der Waals surface area (Å²) < 4.78 is 0. The van der Waals surface area contributed by atoms with Crippen LogP contribution in [0.3, 0.4) is 0 Å². The van der Waals surface area contributed by atoms with Crippen molar-refractivity contribution in [2.75, 3.05) is 26.7 Å². The molecule has 1 fully saturated rings. The SMILES string of the molecule is CN1CCC(C(=O)NCCC(=O)O)C1. The van der Waals surface area contributed by atoms with Gasteiger partial charge in [-0.25, -0.2) is 0 Å². The van der Waals surface area contributed by atoms with Crippen LogP contribution in [0.2, 0.25) is 0 Å². The van der Waals surface area contributed by atoms with Crippen molar-refractivity contribution in [3.8, 4) is 0 Å². The molecule has 0 aromatic carbocycles. The molecule has 1 aliphatic heterocycles. The van der Waals surface area contributed by atoms with Gasteiger partial charge in [-0.15, -0.1) is 0 Å². The number of carbonyl (C=O) groups is 2. The number of carboxylic acids is 1. The normalized spacial score (nSPS) is 22.2. The molecule has 0 aromatic rings. The minimum absolute atomic E-state index is 0.00566. The molecule has 5 nitrogen and oxygen atoms in total. The summed E-state index contributed by atoms with van der Waals surface area (Å²) in [6.45, 7) is 1.95. The van der Waals surface area contributed by atoms with Crippen molar-refractivity contribution in [2.45, 2.75) is 12.8 Å². The third kappa shape index (κ3) is 3.33. The van der Waals surface area contributed by atoms with Crippen LogP contribution in [0.4, 0.5) is 0 Å². The Morgan fingerprint density at radius 2 is 2.29 bits per heavy atom. The second kappa shape index (κ2) is 4.95. The summed E-state index contributed by atoms with van der Waals surface area (Å²) in [5, 5.41) is 11.0. The van der Waals surface area contributed by atoms with Crippen LogP contribution < -0.4 is 5.32 Å². The lowest BCUT2D eigenvalue weighted by atomic mass is 10.1. The van der Waals surface area contributed by atoms with Gasteiger partial charge in [0.1, 0.15) is 0 Å². The molecule has 1 unspecified atom stereocenters. The van der Waals surface area contributed by atoms with Crippen LogP contribution in [0, 0.1) is 5.92 Å². The first-order chi connectivity index (χ1) is 6.59. The Morgan fingerprint density at radius 1 is 1.57 bits per heavy atom. The molecular weight excluding hydrogens is 184 g/mol. The van der Waals surface area contributed by atoms with Crippen LogP contribution in [0.15, 0.2) is 0 Å². The van der Waals surface area contributed by atoms with E-state index < -0.39 is 5.97 Å². The molecule has 80 valence electrons. The maximum atomic E-state index is 11.4. The molecule has 0 spiro atoms. The van der Waals surface area contributed by atoms with Crippen LogP contribution in [-0.4, -0.2) is 48.6 Å². The first kappa shape index (κ1) is 11.0. The number of amides is 1. The molecule has 1 aliphatic rings. The summed E-state index contributed by atoms with van der Waals surface area (Å²) >= 11 is 0. The highest BCUT2D eigenvalue weighted by molar-refractivity contribution is 5.79. The second-order valence-corrected chi connectivity index (χ2v) is 3.68. The number of rotatable bonds is 4. The molecule has 1 heterocycles. The summed E-state index contributed by atoms with van der Waals surface area (Å²) in [6, 6.07) is 0. The summed E-state index contributed by atoms with van der Waals surface area (Å²) in [4.78, 5) is 23.7. The number of carbonyl (C=O) groups excluding carboxylic acids is 1. The van der Waals surface area contributed by atoms with E-state index in [-0.39, 0.29) is 24.8 Å². The van der Waals surface area contributed by atoms with Crippen molar-refractivity contribution in [3.63, 3.8) is 0 Å². The smallest absolute Gasteiger partial charge is 0.305 e. The zero-order valence-corrected chi connectivity index (χ0v) is 8.32. The molecule has 0 saturated carbocycles. The maximum Gasteiger partial charge on any atom is 0.305 e. The van der Waals surface area contributed by atoms with E-state index in [0.29, 0.717) is 0 Å². The van der Waals surface area contributed by atoms with E-state index in [2.05, 4.69) is 10.2 Å². The zero-order valence-electron chi connectivity index (χ0n) is 8.32. The van der Waals surface area contributed by atoms with Gasteiger partial charge in [-0.1, -0.05) is 0 Å². The van der Waals surface area contributed by atoms with Gasteiger partial charge in [0.05, 0.1) is 12.3 Å². The third-order valence-corrected chi connectivity index (χ3v) is 2.40. The van der Waals surface area contributed by atoms with E-state index in [1.165, 1.54) is 0 Å². The Balaban J connectivity index is 2.18. The third-order valence-electron chi connectivity index (χ3n) is 2.40. The fourth-order valence-electron chi connectivity index (χ4n) is 1.59. The Hall–Kier alpha value is -1.10. The predicted octanol–water partition coefficient (Wildman–Crippen LogP) is -0.471. The maximum absolute atomic E-state index is 11.4. The Bertz CT molecular complexity index is 230. The number of carboxylic acid groups (broad SMARTS) is 1. The highest BCUT2D eigenvalue weighted by Gasteiger charge is 2.25. The zero-order chi connectivity index (χ0) is 10.6. The fraction of sp³-hybridized carbons (Fsp3) is 0.778. The largest absolute Gasteiger partial charge is 0.481 e. The first-order valence-corrected chi connectivity index (χ1v) is 4.77. The van der Waals surface area contributed by atoms with Gasteiger partial charge < -0.3 is 15.3 Å². The molecule has 0 aliphatic carbocycles. The van der Waals surface area contributed by atoms with Gasteiger partial charge in [0.15, 0.2) is 0 Å². The number of hydrogen-bond donors (Lipinski definition) is 2. The number of aliphatic carboxylic acids is 1. The van der Waals surface area contributed by atoms with Gasteiger partial charge in [0, 0.05) is 13.1 Å². The van der Waals surface area contributed by atoms with E-state index in [9.17, 15) is 9.59 Å². The van der Waals surface area contributed by atoms with Crippen molar-refractivity contribution >= 4 is 11.9 Å². The molecule has 0 radical (unpaired) electrons. The summed E-state index contributed by atoms with van der Waals surface area (Å²) in [7, 11) is 1.98. The van der Waals surface area contributed by atoms with Gasteiger partial charge in [-0.2, -0.15) is 0 Å². The summed E-state index contributed by atoms with van der Waals surface area (Å²) in [5.74, 6) is -0.863. The number of nitrogens with zero attached hydrogens (tertiary/aromatic N) is 1. The molecule has 1 atom stereocenters. The van der Waals surface area contributed by atoms with E-state index in [1.807, 2.05) is 7.05 Å². The molecule has 0 aromatic heterocycles. The molecule has 14 heavy (non-hydrogen) atoms. The average Bonchev–Trinajstić information content (AvgIpc) is 2.51. The molecule has 1 rings (SSSR count). The van der Waals surface area contributed by atoms with Crippen molar-refractivity contribution in [1.82, 2.24) is 10.2 Å².